The van der Waals surface area contributed by atoms with Crippen molar-refractivity contribution >= 4 is 38.5 Å². The van der Waals surface area contributed by atoms with Gasteiger partial charge in [-0.3, -0.25) is 15.1 Å². The van der Waals surface area contributed by atoms with Crippen molar-refractivity contribution in [3.63, 3.8) is 0 Å². The first kappa shape index (κ1) is 14.6. The van der Waals surface area contributed by atoms with Gasteiger partial charge in [-0.25, -0.2) is 0 Å². The van der Waals surface area contributed by atoms with Crippen molar-refractivity contribution in [1.82, 2.24) is 4.98 Å². The first-order chi connectivity index (χ1) is 12.7. The lowest BCUT2D eigenvalue weighted by Crippen LogP contribution is -1.93. The molecule has 0 N–H and O–H groups in total. The zero-order valence-electron chi connectivity index (χ0n) is 13.5. The van der Waals surface area contributed by atoms with Gasteiger partial charge in [0.15, 0.2) is 5.58 Å². The topological polar surface area (TPSA) is 69.2 Å². The molecule has 0 amide bonds. The molecule has 26 heavy (non-hydrogen) atoms. The molecule has 0 bridgehead atoms. The lowest BCUT2D eigenvalue weighted by molar-refractivity contribution is -0.384. The Labute approximate surface area is 147 Å². The molecule has 0 spiro atoms. The average molecular weight is 340 g/mol. The number of nitro groups is 1. The normalized spacial score (nSPS) is 11.4. The van der Waals surface area contributed by atoms with Gasteiger partial charge in [0.2, 0.25) is 0 Å². The summed E-state index contributed by atoms with van der Waals surface area (Å²) in [5.74, 6) is 0. The first-order valence-electron chi connectivity index (χ1n) is 8.17. The van der Waals surface area contributed by atoms with E-state index in [0.717, 1.165) is 27.3 Å². The van der Waals surface area contributed by atoms with Crippen LogP contribution in [0.3, 0.4) is 0 Å². The summed E-state index contributed by atoms with van der Waals surface area (Å²) in [5.41, 5.74) is 3.60. The van der Waals surface area contributed by atoms with Crippen molar-refractivity contribution in [2.24, 2.45) is 0 Å². The van der Waals surface area contributed by atoms with Crippen molar-refractivity contribution in [2.75, 3.05) is 0 Å². The summed E-state index contributed by atoms with van der Waals surface area (Å²) in [6, 6.07) is 20.3. The molecular formula is C21H12N2O3. The van der Waals surface area contributed by atoms with Crippen LogP contribution in [-0.4, -0.2) is 9.91 Å². The lowest BCUT2D eigenvalue weighted by Gasteiger charge is -2.08. The first-order valence-corrected chi connectivity index (χ1v) is 8.17. The number of nitro benzene ring substituents is 1. The number of rotatable bonds is 2. The van der Waals surface area contributed by atoms with E-state index in [1.165, 1.54) is 6.07 Å². The van der Waals surface area contributed by atoms with Crippen LogP contribution in [-0.2, 0) is 0 Å². The van der Waals surface area contributed by atoms with Gasteiger partial charge in [-0.2, -0.15) is 0 Å². The van der Waals surface area contributed by atoms with E-state index < -0.39 is 0 Å². The minimum atomic E-state index is -0.352. The summed E-state index contributed by atoms with van der Waals surface area (Å²) < 4.78 is 6.04. The molecule has 3 aromatic carbocycles. The third-order valence-corrected chi connectivity index (χ3v) is 4.63. The Bertz CT molecular complexity index is 1320. The zero-order valence-corrected chi connectivity index (χ0v) is 13.5. The summed E-state index contributed by atoms with van der Waals surface area (Å²) in [6.07, 6.45) is 1.71. The highest BCUT2D eigenvalue weighted by Crippen LogP contribution is 2.41. The van der Waals surface area contributed by atoms with Gasteiger partial charge in [-0.05, 0) is 29.8 Å². The van der Waals surface area contributed by atoms with Crippen LogP contribution < -0.4 is 0 Å². The Balaban J connectivity index is 1.99. The van der Waals surface area contributed by atoms with Crippen molar-refractivity contribution < 1.29 is 9.34 Å². The van der Waals surface area contributed by atoms with Crippen LogP contribution in [0.2, 0.25) is 0 Å². The van der Waals surface area contributed by atoms with Gasteiger partial charge < -0.3 is 4.42 Å². The average Bonchev–Trinajstić information content (AvgIpc) is 3.06. The van der Waals surface area contributed by atoms with Crippen LogP contribution >= 0.6 is 0 Å². The van der Waals surface area contributed by atoms with Crippen LogP contribution in [0.25, 0.3) is 44.0 Å². The van der Waals surface area contributed by atoms with Crippen LogP contribution in [0.15, 0.2) is 77.3 Å². The Hall–Kier alpha value is -3.73. The molecule has 2 heterocycles. The molecule has 124 valence electrons. The number of para-hydroxylation sites is 2. The monoisotopic (exact) mass is 340 g/mol. The molecule has 0 saturated heterocycles. The second-order valence-electron chi connectivity index (χ2n) is 6.07. The number of aromatic nitrogens is 1. The van der Waals surface area contributed by atoms with Gasteiger partial charge in [0.1, 0.15) is 11.1 Å². The number of benzene rings is 3. The number of nitrogens with zero attached hydrogens (tertiary/aromatic N) is 2. The number of hydrogen-bond donors (Lipinski definition) is 0. The maximum absolute atomic E-state index is 11.5. The summed E-state index contributed by atoms with van der Waals surface area (Å²) in [5, 5.41) is 14.2. The van der Waals surface area contributed by atoms with E-state index in [-0.39, 0.29) is 10.6 Å². The van der Waals surface area contributed by atoms with Gasteiger partial charge in [0.25, 0.3) is 5.69 Å². The molecule has 0 fully saturated rings. The summed E-state index contributed by atoms with van der Waals surface area (Å²) in [7, 11) is 0. The molecule has 5 aromatic rings. The van der Waals surface area contributed by atoms with Crippen molar-refractivity contribution in [3.8, 4) is 11.1 Å². The minimum Gasteiger partial charge on any atom is -0.454 e. The molecule has 0 radical (unpaired) electrons. The van der Waals surface area contributed by atoms with E-state index in [4.69, 9.17) is 4.42 Å². The SMILES string of the molecule is O=[N+]([O-])c1ccccc1-c1cc2c3ccccc3oc2c2ncccc12. The standard InChI is InChI=1S/C21H12N2O3/c24-23(25)18-9-3-1-6-13(18)16-12-17-14-7-2-4-10-19(14)26-21(17)20-15(16)8-5-11-22-20/h1-12H. The highest BCUT2D eigenvalue weighted by Gasteiger charge is 2.20. The molecule has 0 aliphatic carbocycles. The number of fused-ring (bicyclic) bond motifs is 5. The number of furan rings is 1. The molecule has 0 unspecified atom stereocenters. The van der Waals surface area contributed by atoms with Crippen LogP contribution in [0.4, 0.5) is 5.69 Å². The van der Waals surface area contributed by atoms with Gasteiger partial charge in [0, 0.05) is 28.4 Å². The molecule has 0 aliphatic heterocycles. The Kier molecular flexibility index (Phi) is 3.03. The third kappa shape index (κ3) is 2.01. The van der Waals surface area contributed by atoms with Crippen LogP contribution in [0.5, 0.6) is 0 Å². The van der Waals surface area contributed by atoms with Crippen molar-refractivity contribution in [2.45, 2.75) is 0 Å². The molecule has 0 aliphatic rings. The van der Waals surface area contributed by atoms with Gasteiger partial charge in [0.05, 0.1) is 10.5 Å². The second-order valence-corrected chi connectivity index (χ2v) is 6.07. The Morgan fingerprint density at radius 3 is 2.50 bits per heavy atom. The fourth-order valence-corrected chi connectivity index (χ4v) is 3.49. The fraction of sp³-hybridized carbons (Fsp3) is 0. The fourth-order valence-electron chi connectivity index (χ4n) is 3.49. The van der Waals surface area contributed by atoms with Crippen LogP contribution in [0, 0.1) is 10.1 Å². The van der Waals surface area contributed by atoms with E-state index in [2.05, 4.69) is 4.98 Å². The molecule has 2 aromatic heterocycles. The molecule has 0 atom stereocenters. The quantitative estimate of drug-likeness (QED) is 0.305. The van der Waals surface area contributed by atoms with E-state index in [1.807, 2.05) is 48.5 Å². The Morgan fingerprint density at radius 1 is 0.846 bits per heavy atom. The molecule has 0 saturated carbocycles. The second kappa shape index (κ2) is 5.39. The van der Waals surface area contributed by atoms with Gasteiger partial charge >= 0.3 is 0 Å². The Morgan fingerprint density at radius 2 is 1.62 bits per heavy atom. The summed E-state index contributed by atoms with van der Waals surface area (Å²) in [4.78, 5) is 15.7. The van der Waals surface area contributed by atoms with Crippen molar-refractivity contribution in [3.05, 3.63) is 83.0 Å². The van der Waals surface area contributed by atoms with Crippen molar-refractivity contribution in [1.29, 1.82) is 0 Å². The largest absolute Gasteiger partial charge is 0.454 e. The van der Waals surface area contributed by atoms with Crippen LogP contribution in [0.1, 0.15) is 0 Å². The van der Waals surface area contributed by atoms with Gasteiger partial charge in [-0.15, -0.1) is 0 Å². The predicted molar refractivity (Wildman–Crippen MR) is 101 cm³/mol. The molecule has 5 heteroatoms. The smallest absolute Gasteiger partial charge is 0.277 e. The van der Waals surface area contributed by atoms with Gasteiger partial charge in [-0.1, -0.05) is 36.4 Å². The van der Waals surface area contributed by atoms with E-state index in [9.17, 15) is 10.1 Å². The maximum Gasteiger partial charge on any atom is 0.277 e. The molecule has 5 nitrogen and oxygen atoms in total. The minimum absolute atomic E-state index is 0.0739. The third-order valence-electron chi connectivity index (χ3n) is 4.63. The van der Waals surface area contributed by atoms with E-state index in [0.29, 0.717) is 16.7 Å². The molecule has 5 rings (SSSR count). The summed E-state index contributed by atoms with van der Waals surface area (Å²) in [6.45, 7) is 0. The number of pyridine rings is 1. The zero-order chi connectivity index (χ0) is 17.7. The highest BCUT2D eigenvalue weighted by atomic mass is 16.6. The molecular weight excluding hydrogens is 328 g/mol. The van der Waals surface area contributed by atoms with E-state index in [1.54, 1.807) is 18.3 Å². The van der Waals surface area contributed by atoms with E-state index >= 15 is 0 Å². The summed E-state index contributed by atoms with van der Waals surface area (Å²) >= 11 is 0. The lowest BCUT2D eigenvalue weighted by atomic mass is 9.96. The maximum atomic E-state index is 11.5. The number of hydrogen-bond acceptors (Lipinski definition) is 4. The predicted octanol–water partition coefficient (Wildman–Crippen LogP) is 5.71. The highest BCUT2D eigenvalue weighted by molar-refractivity contribution is 6.18.